The van der Waals surface area contributed by atoms with Crippen LogP contribution in [0.2, 0.25) is 0 Å². The number of nitrogens with zero attached hydrogens (tertiary/aromatic N) is 3. The third kappa shape index (κ3) is 4.74. The monoisotopic (exact) mass is 408 g/mol. The van der Waals surface area contributed by atoms with Crippen molar-refractivity contribution in [2.45, 2.75) is 70.1 Å². The van der Waals surface area contributed by atoms with E-state index in [9.17, 15) is 14.4 Å². The van der Waals surface area contributed by atoms with Crippen LogP contribution in [-0.4, -0.2) is 97.0 Å². The van der Waals surface area contributed by atoms with Crippen molar-refractivity contribution in [1.29, 1.82) is 0 Å². The number of hydrogen-bond donors (Lipinski definition) is 1. The highest BCUT2D eigenvalue weighted by Crippen LogP contribution is 2.29. The molecule has 0 bridgehead atoms. The molecule has 0 aromatic rings. The van der Waals surface area contributed by atoms with Crippen molar-refractivity contribution in [3.05, 3.63) is 0 Å². The fraction of sp³-hybridized carbons (Fsp3) is 0.857. The highest BCUT2D eigenvalue weighted by molar-refractivity contribution is 5.83. The van der Waals surface area contributed by atoms with Crippen LogP contribution >= 0.6 is 0 Å². The first-order valence-electron chi connectivity index (χ1n) is 10.9. The van der Waals surface area contributed by atoms with Crippen LogP contribution in [0, 0.1) is 5.92 Å². The SMILES string of the molecule is COC(=O)C1CCN(C(=O)CCC2CNC(=O)C3C(CCN3C(C)C)N2C)CC1. The van der Waals surface area contributed by atoms with Crippen LogP contribution in [0.3, 0.4) is 0 Å². The Hall–Kier alpha value is -1.67. The van der Waals surface area contributed by atoms with E-state index in [2.05, 4.69) is 36.0 Å². The number of nitrogens with one attached hydrogen (secondary N) is 1. The second kappa shape index (κ2) is 9.43. The van der Waals surface area contributed by atoms with Crippen LogP contribution in [0.4, 0.5) is 0 Å². The molecule has 3 saturated heterocycles. The average molecular weight is 409 g/mol. The molecule has 29 heavy (non-hydrogen) atoms. The lowest BCUT2D eigenvalue weighted by Crippen LogP contribution is -2.51. The maximum absolute atomic E-state index is 12.7. The Bertz CT molecular complexity index is 618. The number of fused-ring (bicyclic) bond motifs is 1. The number of carbonyl (C=O) groups excluding carboxylic acids is 3. The Morgan fingerprint density at radius 1 is 1.17 bits per heavy atom. The lowest BCUT2D eigenvalue weighted by atomic mass is 9.96. The average Bonchev–Trinajstić information content (AvgIpc) is 3.13. The molecule has 0 saturated carbocycles. The molecule has 0 aliphatic carbocycles. The summed E-state index contributed by atoms with van der Waals surface area (Å²) in [5, 5.41) is 3.11. The minimum atomic E-state index is -0.172. The third-order valence-electron chi connectivity index (χ3n) is 7.02. The van der Waals surface area contributed by atoms with Gasteiger partial charge in [0.05, 0.1) is 13.0 Å². The highest BCUT2D eigenvalue weighted by Gasteiger charge is 2.45. The van der Waals surface area contributed by atoms with Gasteiger partial charge in [-0.05, 0) is 46.6 Å². The van der Waals surface area contributed by atoms with Gasteiger partial charge in [-0.2, -0.15) is 0 Å². The Labute approximate surface area is 173 Å². The van der Waals surface area contributed by atoms with Crippen molar-refractivity contribution >= 4 is 17.8 Å². The molecule has 0 spiro atoms. The van der Waals surface area contributed by atoms with Crippen molar-refractivity contribution in [3.8, 4) is 0 Å². The van der Waals surface area contributed by atoms with Crippen molar-refractivity contribution in [1.82, 2.24) is 20.0 Å². The van der Waals surface area contributed by atoms with Gasteiger partial charge in [0.25, 0.3) is 0 Å². The molecule has 0 aromatic carbocycles. The summed E-state index contributed by atoms with van der Waals surface area (Å²) < 4.78 is 4.82. The lowest BCUT2D eigenvalue weighted by molar-refractivity contribution is -0.149. The molecule has 3 heterocycles. The number of hydrogen-bond acceptors (Lipinski definition) is 6. The van der Waals surface area contributed by atoms with Crippen LogP contribution < -0.4 is 5.32 Å². The zero-order valence-electron chi connectivity index (χ0n) is 18.2. The second-order valence-electron chi connectivity index (χ2n) is 8.91. The van der Waals surface area contributed by atoms with E-state index >= 15 is 0 Å². The van der Waals surface area contributed by atoms with Crippen LogP contribution in [-0.2, 0) is 19.1 Å². The van der Waals surface area contributed by atoms with Gasteiger partial charge in [0, 0.05) is 50.7 Å². The summed E-state index contributed by atoms with van der Waals surface area (Å²) in [4.78, 5) is 43.5. The number of piperidine rings is 1. The first kappa shape index (κ1) is 22.0. The Morgan fingerprint density at radius 2 is 1.86 bits per heavy atom. The summed E-state index contributed by atoms with van der Waals surface area (Å²) in [5.41, 5.74) is 0. The van der Waals surface area contributed by atoms with Crippen molar-refractivity contribution < 1.29 is 19.1 Å². The van der Waals surface area contributed by atoms with E-state index in [1.807, 2.05) is 4.90 Å². The predicted molar refractivity (Wildman–Crippen MR) is 109 cm³/mol. The van der Waals surface area contributed by atoms with Gasteiger partial charge in [0.1, 0.15) is 6.04 Å². The fourth-order valence-corrected chi connectivity index (χ4v) is 5.15. The maximum Gasteiger partial charge on any atom is 0.308 e. The molecule has 8 nitrogen and oxygen atoms in total. The van der Waals surface area contributed by atoms with Gasteiger partial charge in [0.2, 0.25) is 11.8 Å². The number of likely N-dealkylation sites (tertiary alicyclic amines) is 2. The molecule has 3 aliphatic rings. The van der Waals surface area contributed by atoms with Gasteiger partial charge in [-0.25, -0.2) is 0 Å². The van der Waals surface area contributed by atoms with Gasteiger partial charge in [-0.3, -0.25) is 24.2 Å². The smallest absolute Gasteiger partial charge is 0.308 e. The van der Waals surface area contributed by atoms with Gasteiger partial charge in [0.15, 0.2) is 0 Å². The van der Waals surface area contributed by atoms with E-state index in [4.69, 9.17) is 4.74 Å². The number of esters is 1. The molecular weight excluding hydrogens is 372 g/mol. The Morgan fingerprint density at radius 3 is 2.48 bits per heavy atom. The molecule has 3 rings (SSSR count). The number of amides is 2. The summed E-state index contributed by atoms with van der Waals surface area (Å²) in [6.07, 6.45) is 3.54. The van der Waals surface area contributed by atoms with Crippen molar-refractivity contribution in [2.24, 2.45) is 5.92 Å². The third-order valence-corrected chi connectivity index (χ3v) is 7.02. The lowest BCUT2D eigenvalue weighted by Gasteiger charge is -2.35. The number of likely N-dealkylation sites (N-methyl/N-ethyl adjacent to an activating group) is 1. The van der Waals surface area contributed by atoms with Crippen LogP contribution in [0.1, 0.15) is 46.0 Å². The first-order valence-corrected chi connectivity index (χ1v) is 10.9. The van der Waals surface area contributed by atoms with E-state index in [-0.39, 0.29) is 41.8 Å². The van der Waals surface area contributed by atoms with E-state index in [1.54, 1.807) is 0 Å². The van der Waals surface area contributed by atoms with Crippen molar-refractivity contribution in [3.63, 3.8) is 0 Å². The zero-order chi connectivity index (χ0) is 21.1. The molecule has 3 unspecified atom stereocenters. The topological polar surface area (TPSA) is 82.2 Å². The molecule has 164 valence electrons. The minimum absolute atomic E-state index is 0.0875. The van der Waals surface area contributed by atoms with E-state index in [1.165, 1.54) is 7.11 Å². The molecule has 3 aliphatic heterocycles. The Kier molecular flexibility index (Phi) is 7.16. The molecule has 8 heteroatoms. The molecule has 0 radical (unpaired) electrons. The van der Waals surface area contributed by atoms with E-state index in [0.717, 1.165) is 19.4 Å². The van der Waals surface area contributed by atoms with Crippen LogP contribution in [0.5, 0.6) is 0 Å². The number of carbonyl (C=O) groups is 3. The minimum Gasteiger partial charge on any atom is -0.469 e. The Balaban J connectivity index is 1.53. The van der Waals surface area contributed by atoms with E-state index in [0.29, 0.717) is 44.9 Å². The van der Waals surface area contributed by atoms with Gasteiger partial charge >= 0.3 is 5.97 Å². The molecule has 0 aromatic heterocycles. The van der Waals surface area contributed by atoms with E-state index < -0.39 is 0 Å². The molecule has 2 amide bonds. The summed E-state index contributed by atoms with van der Waals surface area (Å²) in [6.45, 7) is 7.03. The predicted octanol–water partition coefficient (Wildman–Crippen LogP) is 0.460. The molecule has 3 fully saturated rings. The van der Waals surface area contributed by atoms with Gasteiger partial charge < -0.3 is 15.0 Å². The molecule has 1 N–H and O–H groups in total. The quantitative estimate of drug-likeness (QED) is 0.666. The molecule has 3 atom stereocenters. The summed E-state index contributed by atoms with van der Waals surface area (Å²) >= 11 is 0. The van der Waals surface area contributed by atoms with Crippen LogP contribution in [0.25, 0.3) is 0 Å². The number of rotatable bonds is 5. The summed E-state index contributed by atoms with van der Waals surface area (Å²) in [6, 6.07) is 0.613. The summed E-state index contributed by atoms with van der Waals surface area (Å²) in [5.74, 6) is 0.000707. The second-order valence-corrected chi connectivity index (χ2v) is 8.91. The highest BCUT2D eigenvalue weighted by atomic mass is 16.5. The van der Waals surface area contributed by atoms with Gasteiger partial charge in [-0.1, -0.05) is 0 Å². The fourth-order valence-electron chi connectivity index (χ4n) is 5.15. The normalized spacial score (nSPS) is 29.5. The van der Waals surface area contributed by atoms with Crippen LogP contribution in [0.15, 0.2) is 0 Å². The molecular formula is C21H36N4O4. The number of ether oxygens (including phenoxy) is 1. The maximum atomic E-state index is 12.7. The van der Waals surface area contributed by atoms with Gasteiger partial charge in [-0.15, -0.1) is 0 Å². The standard InChI is InChI=1S/C21H36N4O4/c1-14(2)25-12-9-17-19(25)20(27)22-13-16(23(17)3)5-6-18(26)24-10-7-15(8-11-24)21(28)29-4/h14-17,19H,5-13H2,1-4H3,(H,22,27). The largest absolute Gasteiger partial charge is 0.469 e. The summed E-state index contributed by atoms with van der Waals surface area (Å²) in [7, 11) is 3.51. The number of methoxy groups -OCH3 is 1. The first-order chi connectivity index (χ1) is 13.8. The van der Waals surface area contributed by atoms with Crippen molar-refractivity contribution in [2.75, 3.05) is 40.3 Å². The zero-order valence-corrected chi connectivity index (χ0v) is 18.2.